The third kappa shape index (κ3) is 2.81. The molecule has 4 nitrogen and oxygen atoms in total. The van der Waals surface area contributed by atoms with E-state index in [1.807, 2.05) is 18.2 Å². The van der Waals surface area contributed by atoms with Crippen LogP contribution in [0.4, 0.5) is 5.69 Å². The number of benzene rings is 1. The Hall–Kier alpha value is -1.91. The number of rotatable bonds is 4. The zero-order valence-electron chi connectivity index (χ0n) is 9.51. The van der Waals surface area contributed by atoms with E-state index in [9.17, 15) is 0 Å². The van der Waals surface area contributed by atoms with Crippen LogP contribution in [0, 0.1) is 0 Å². The van der Waals surface area contributed by atoms with Gasteiger partial charge in [-0.15, -0.1) is 0 Å². The zero-order valence-corrected chi connectivity index (χ0v) is 9.51. The Morgan fingerprint density at radius 3 is 2.59 bits per heavy atom. The molecule has 0 saturated carbocycles. The Morgan fingerprint density at radius 1 is 1.18 bits per heavy atom. The summed E-state index contributed by atoms with van der Waals surface area (Å²) in [5, 5.41) is 0. The lowest BCUT2D eigenvalue weighted by atomic mass is 10.00. The maximum Gasteiger partial charge on any atom is 0.0535 e. The number of aromatic nitrogens is 1. The topological polar surface area (TPSA) is 77.0 Å². The fourth-order valence-corrected chi connectivity index (χ4v) is 1.82. The molecule has 88 valence electrons. The highest BCUT2D eigenvalue weighted by atomic mass is 15.2. The van der Waals surface area contributed by atoms with Gasteiger partial charge in [0.25, 0.3) is 0 Å². The summed E-state index contributed by atoms with van der Waals surface area (Å²) in [5.74, 6) is 5.59. The zero-order chi connectivity index (χ0) is 12.1. The van der Waals surface area contributed by atoms with Gasteiger partial charge in [-0.25, -0.2) is 0 Å². The predicted octanol–water partition coefficient (Wildman–Crippen LogP) is 1.41. The fourth-order valence-electron chi connectivity index (χ4n) is 1.82. The molecule has 5 N–H and O–H groups in total. The maximum atomic E-state index is 5.92. The van der Waals surface area contributed by atoms with Crippen molar-refractivity contribution < 1.29 is 0 Å². The quantitative estimate of drug-likeness (QED) is 0.546. The lowest BCUT2D eigenvalue weighted by molar-refractivity contribution is 0.552. The molecule has 1 heterocycles. The van der Waals surface area contributed by atoms with Crippen LogP contribution in [0.2, 0.25) is 0 Å². The van der Waals surface area contributed by atoms with Crippen LogP contribution >= 0.6 is 0 Å². The summed E-state index contributed by atoms with van der Waals surface area (Å²) in [6, 6.07) is 11.9. The lowest BCUT2D eigenvalue weighted by Gasteiger charge is -2.17. The first-order chi connectivity index (χ1) is 8.31. The summed E-state index contributed by atoms with van der Waals surface area (Å²) in [7, 11) is 0. The number of pyridine rings is 1. The summed E-state index contributed by atoms with van der Waals surface area (Å²) in [5.41, 5.74) is 11.5. The average Bonchev–Trinajstić information content (AvgIpc) is 2.38. The predicted molar refractivity (Wildman–Crippen MR) is 68.9 cm³/mol. The molecule has 0 amide bonds. The van der Waals surface area contributed by atoms with Gasteiger partial charge < -0.3 is 5.73 Å². The first-order valence-electron chi connectivity index (χ1n) is 5.50. The monoisotopic (exact) mass is 228 g/mol. The average molecular weight is 228 g/mol. The smallest absolute Gasteiger partial charge is 0.0535 e. The third-order valence-electron chi connectivity index (χ3n) is 2.75. The standard InChI is InChI=1S/C13H16N4/c14-12-6-7-16-9-11(12)13(17-15)8-10-4-2-1-3-5-10/h1-7,9,13,17H,8,15H2,(H2,14,16). The largest absolute Gasteiger partial charge is 0.398 e. The molecule has 1 aromatic heterocycles. The lowest BCUT2D eigenvalue weighted by Crippen LogP contribution is -2.30. The molecule has 0 aliphatic carbocycles. The van der Waals surface area contributed by atoms with E-state index < -0.39 is 0 Å². The minimum atomic E-state index is -0.0221. The van der Waals surface area contributed by atoms with Crippen molar-refractivity contribution in [3.05, 3.63) is 59.9 Å². The third-order valence-corrected chi connectivity index (χ3v) is 2.75. The van der Waals surface area contributed by atoms with Crippen LogP contribution in [-0.2, 0) is 6.42 Å². The van der Waals surface area contributed by atoms with E-state index in [1.165, 1.54) is 5.56 Å². The van der Waals surface area contributed by atoms with Gasteiger partial charge in [-0.1, -0.05) is 30.3 Å². The van der Waals surface area contributed by atoms with Crippen molar-refractivity contribution >= 4 is 5.69 Å². The summed E-state index contributed by atoms with van der Waals surface area (Å²) < 4.78 is 0. The molecule has 0 aliphatic rings. The van der Waals surface area contributed by atoms with E-state index >= 15 is 0 Å². The van der Waals surface area contributed by atoms with Gasteiger partial charge in [0.15, 0.2) is 0 Å². The Labute approximate surface area is 101 Å². The van der Waals surface area contributed by atoms with E-state index in [0.717, 1.165) is 12.0 Å². The van der Waals surface area contributed by atoms with Gasteiger partial charge in [0.1, 0.15) is 0 Å². The molecule has 1 atom stereocenters. The summed E-state index contributed by atoms with van der Waals surface area (Å²) in [6.07, 6.45) is 4.21. The minimum absolute atomic E-state index is 0.0221. The summed E-state index contributed by atoms with van der Waals surface area (Å²) in [6.45, 7) is 0. The van der Waals surface area contributed by atoms with Crippen LogP contribution in [0.15, 0.2) is 48.8 Å². The normalized spacial score (nSPS) is 12.3. The molecule has 0 bridgehead atoms. The van der Waals surface area contributed by atoms with Gasteiger partial charge in [0.05, 0.1) is 6.04 Å². The van der Waals surface area contributed by atoms with Crippen molar-refractivity contribution in [2.24, 2.45) is 5.84 Å². The molecule has 0 fully saturated rings. The van der Waals surface area contributed by atoms with Gasteiger partial charge in [0.2, 0.25) is 0 Å². The Balaban J connectivity index is 2.21. The molecule has 0 spiro atoms. The van der Waals surface area contributed by atoms with Crippen molar-refractivity contribution in [3.63, 3.8) is 0 Å². The van der Waals surface area contributed by atoms with Crippen LogP contribution < -0.4 is 17.0 Å². The van der Waals surface area contributed by atoms with Gasteiger partial charge >= 0.3 is 0 Å². The second kappa shape index (κ2) is 5.43. The molecule has 1 unspecified atom stereocenters. The Bertz CT molecular complexity index is 470. The molecule has 0 aliphatic heterocycles. The van der Waals surface area contributed by atoms with Gasteiger partial charge in [0, 0.05) is 23.6 Å². The van der Waals surface area contributed by atoms with Gasteiger partial charge in [-0.05, 0) is 18.1 Å². The van der Waals surface area contributed by atoms with E-state index in [2.05, 4.69) is 22.5 Å². The first kappa shape index (κ1) is 11.6. The van der Waals surface area contributed by atoms with Crippen LogP contribution in [0.25, 0.3) is 0 Å². The van der Waals surface area contributed by atoms with E-state index in [1.54, 1.807) is 18.5 Å². The number of nitrogens with one attached hydrogen (secondary N) is 1. The van der Waals surface area contributed by atoms with Crippen molar-refractivity contribution in [1.29, 1.82) is 0 Å². The molecule has 0 saturated heterocycles. The first-order valence-corrected chi connectivity index (χ1v) is 5.50. The minimum Gasteiger partial charge on any atom is -0.398 e. The van der Waals surface area contributed by atoms with Crippen molar-refractivity contribution in [3.8, 4) is 0 Å². The maximum absolute atomic E-state index is 5.92. The number of nitrogen functional groups attached to an aromatic ring is 1. The molecule has 17 heavy (non-hydrogen) atoms. The number of anilines is 1. The van der Waals surface area contributed by atoms with Gasteiger partial charge in [-0.3, -0.25) is 16.3 Å². The highest BCUT2D eigenvalue weighted by molar-refractivity contribution is 5.46. The van der Waals surface area contributed by atoms with Crippen molar-refractivity contribution in [1.82, 2.24) is 10.4 Å². The molecule has 4 heteroatoms. The number of hydrogen-bond acceptors (Lipinski definition) is 4. The highest BCUT2D eigenvalue weighted by Crippen LogP contribution is 2.21. The molecule has 2 rings (SSSR count). The molecule has 1 aromatic carbocycles. The van der Waals surface area contributed by atoms with E-state index in [0.29, 0.717) is 5.69 Å². The molecule has 2 aromatic rings. The molecule has 0 radical (unpaired) electrons. The number of hydrogen-bond donors (Lipinski definition) is 3. The Morgan fingerprint density at radius 2 is 1.94 bits per heavy atom. The number of hydrazine groups is 1. The van der Waals surface area contributed by atoms with Crippen molar-refractivity contribution in [2.45, 2.75) is 12.5 Å². The van der Waals surface area contributed by atoms with Crippen molar-refractivity contribution in [2.75, 3.05) is 5.73 Å². The van der Waals surface area contributed by atoms with Crippen LogP contribution in [-0.4, -0.2) is 4.98 Å². The highest BCUT2D eigenvalue weighted by Gasteiger charge is 2.13. The second-order valence-electron chi connectivity index (χ2n) is 3.91. The Kier molecular flexibility index (Phi) is 3.69. The van der Waals surface area contributed by atoms with Crippen LogP contribution in [0.1, 0.15) is 17.2 Å². The molecular weight excluding hydrogens is 212 g/mol. The van der Waals surface area contributed by atoms with E-state index in [4.69, 9.17) is 11.6 Å². The fraction of sp³-hybridized carbons (Fsp3) is 0.154. The van der Waals surface area contributed by atoms with Crippen LogP contribution in [0.5, 0.6) is 0 Å². The number of nitrogens with zero attached hydrogens (tertiary/aromatic N) is 1. The van der Waals surface area contributed by atoms with E-state index in [-0.39, 0.29) is 6.04 Å². The number of nitrogens with two attached hydrogens (primary N) is 2. The molecular formula is C13H16N4. The van der Waals surface area contributed by atoms with Gasteiger partial charge in [-0.2, -0.15) is 0 Å². The second-order valence-corrected chi connectivity index (χ2v) is 3.91. The SMILES string of the molecule is NNC(Cc1ccccc1)c1cnccc1N. The van der Waals surface area contributed by atoms with Crippen LogP contribution in [0.3, 0.4) is 0 Å². The summed E-state index contributed by atoms with van der Waals surface area (Å²) >= 11 is 0. The summed E-state index contributed by atoms with van der Waals surface area (Å²) in [4.78, 5) is 4.08.